The molecule has 3 heterocycles. The number of sulfone groups is 1. The zero-order valence-corrected chi connectivity index (χ0v) is 24.2. The van der Waals surface area contributed by atoms with E-state index in [0.717, 1.165) is 4.90 Å². The first-order valence-corrected chi connectivity index (χ1v) is 15.2. The summed E-state index contributed by atoms with van der Waals surface area (Å²) in [5.41, 5.74) is -1.35. The third kappa shape index (κ3) is 7.37. The highest BCUT2D eigenvalue weighted by Gasteiger charge is 2.61. The van der Waals surface area contributed by atoms with E-state index in [2.05, 4.69) is 10.6 Å². The SMILES string of the molecule is CC(C)(C)[C@H](NC(=O)C(F)(F)F)C(=O)N1[C@@H]2CC[C@H]([C@@H]1C(=O)N[C@H](/C=C(\F)S(C)(=O)=O)C[C@@H]1CCNC1=O)C(F)(F)C2. The minimum atomic E-state index is -5.36. The Morgan fingerprint density at radius 1 is 1.12 bits per heavy atom. The first-order chi connectivity index (χ1) is 19.0. The molecule has 2 bridgehead atoms. The first-order valence-electron chi connectivity index (χ1n) is 13.3. The molecule has 4 aliphatic rings. The average Bonchev–Trinajstić information content (AvgIpc) is 3.22. The van der Waals surface area contributed by atoms with Crippen LogP contribution < -0.4 is 16.0 Å². The Morgan fingerprint density at radius 2 is 1.74 bits per heavy atom. The van der Waals surface area contributed by atoms with E-state index in [4.69, 9.17) is 0 Å². The molecule has 10 nitrogen and oxygen atoms in total. The fraction of sp³-hybridized carbons (Fsp3) is 0.760. The van der Waals surface area contributed by atoms with Crippen molar-refractivity contribution in [1.29, 1.82) is 0 Å². The Bertz CT molecular complexity index is 1250. The van der Waals surface area contributed by atoms with Gasteiger partial charge in [0, 0.05) is 31.2 Å². The average molecular weight is 633 g/mol. The molecule has 4 fully saturated rings. The highest BCUT2D eigenvalue weighted by atomic mass is 32.2. The van der Waals surface area contributed by atoms with E-state index in [1.807, 2.05) is 0 Å². The molecule has 42 heavy (non-hydrogen) atoms. The Labute approximate surface area is 238 Å². The Kier molecular flexibility index (Phi) is 9.36. The molecule has 4 rings (SSSR count). The van der Waals surface area contributed by atoms with Gasteiger partial charge in [-0.3, -0.25) is 19.2 Å². The van der Waals surface area contributed by atoms with Crippen LogP contribution in [0.4, 0.5) is 26.3 Å². The smallest absolute Gasteiger partial charge is 0.356 e. The van der Waals surface area contributed by atoms with Crippen molar-refractivity contribution >= 4 is 33.5 Å². The number of hydrogen-bond acceptors (Lipinski definition) is 6. The number of nitrogens with one attached hydrogen (secondary N) is 3. The maximum Gasteiger partial charge on any atom is 0.471 e. The van der Waals surface area contributed by atoms with Crippen LogP contribution in [-0.4, -0.2) is 86.0 Å². The van der Waals surface area contributed by atoms with Gasteiger partial charge >= 0.3 is 12.1 Å². The third-order valence-electron chi connectivity index (χ3n) is 7.82. The Balaban J connectivity index is 2.00. The molecule has 1 aliphatic carbocycles. The van der Waals surface area contributed by atoms with Crippen LogP contribution in [0.3, 0.4) is 0 Å². The van der Waals surface area contributed by atoms with Gasteiger partial charge < -0.3 is 20.9 Å². The zero-order valence-electron chi connectivity index (χ0n) is 23.4. The molecule has 3 saturated heterocycles. The van der Waals surface area contributed by atoms with Gasteiger partial charge in [-0.15, -0.1) is 0 Å². The summed E-state index contributed by atoms with van der Waals surface area (Å²) in [5, 5.41) is 4.81. The highest BCUT2D eigenvalue weighted by Crippen LogP contribution is 2.49. The molecule has 17 heteroatoms. The number of carbonyl (C=O) groups excluding carboxylic acids is 4. The quantitative estimate of drug-likeness (QED) is 0.350. The van der Waals surface area contributed by atoms with Crippen molar-refractivity contribution in [2.75, 3.05) is 12.8 Å². The molecule has 0 aromatic heterocycles. The second kappa shape index (κ2) is 11.7. The molecule has 0 radical (unpaired) electrons. The number of hydrogen-bond donors (Lipinski definition) is 3. The van der Waals surface area contributed by atoms with Crippen molar-refractivity contribution < 1.29 is 53.9 Å². The van der Waals surface area contributed by atoms with Crippen molar-refractivity contribution in [1.82, 2.24) is 20.9 Å². The summed E-state index contributed by atoms with van der Waals surface area (Å²) < 4.78 is 107. The largest absolute Gasteiger partial charge is 0.471 e. The minimum Gasteiger partial charge on any atom is -0.356 e. The third-order valence-corrected chi connectivity index (χ3v) is 8.66. The fourth-order valence-corrected chi connectivity index (χ4v) is 6.14. The maximum absolute atomic E-state index is 15.1. The van der Waals surface area contributed by atoms with Crippen LogP contribution in [0, 0.1) is 17.3 Å². The number of alkyl halides is 5. The molecule has 0 spiro atoms. The van der Waals surface area contributed by atoms with Gasteiger partial charge in [0.25, 0.3) is 5.92 Å². The van der Waals surface area contributed by atoms with Crippen LogP contribution >= 0.6 is 0 Å². The van der Waals surface area contributed by atoms with Crippen molar-refractivity contribution in [3.05, 3.63) is 11.2 Å². The van der Waals surface area contributed by atoms with Crippen molar-refractivity contribution in [3.63, 3.8) is 0 Å². The van der Waals surface area contributed by atoms with E-state index >= 15 is 8.78 Å². The molecule has 0 unspecified atom stereocenters. The molecule has 4 amide bonds. The van der Waals surface area contributed by atoms with E-state index < -0.39 is 98.6 Å². The van der Waals surface area contributed by atoms with Crippen molar-refractivity contribution in [3.8, 4) is 0 Å². The number of amides is 4. The molecular formula is C25H34F6N4O6S. The van der Waals surface area contributed by atoms with Gasteiger partial charge in [0.2, 0.25) is 32.7 Å². The van der Waals surface area contributed by atoms with Crippen LogP contribution in [0.25, 0.3) is 0 Å². The monoisotopic (exact) mass is 632 g/mol. The first kappa shape index (κ1) is 33.6. The molecule has 3 aliphatic heterocycles. The van der Waals surface area contributed by atoms with Crippen LogP contribution in [0.2, 0.25) is 0 Å². The van der Waals surface area contributed by atoms with E-state index in [9.17, 15) is 45.2 Å². The summed E-state index contributed by atoms with van der Waals surface area (Å²) in [6.45, 7) is 4.31. The molecular weight excluding hydrogens is 598 g/mol. The van der Waals surface area contributed by atoms with Gasteiger partial charge in [0.05, 0.1) is 12.0 Å². The lowest BCUT2D eigenvalue weighted by Gasteiger charge is -2.55. The number of fused-ring (bicyclic) bond motifs is 3. The summed E-state index contributed by atoms with van der Waals surface area (Å²) >= 11 is 0. The van der Waals surface area contributed by atoms with E-state index in [-0.39, 0.29) is 32.2 Å². The lowest BCUT2D eigenvalue weighted by molar-refractivity contribution is -0.197. The standard InChI is InChI=1S/C25H34F6N4O6S/c1-23(2,3)18(34-22(39)25(29,30)31)21(38)35-14-5-6-15(24(27,28)11-14)17(35)20(37)33-13(10-16(26)42(4,40)41)9-12-7-8-32-19(12)36/h10,12-15,17-18H,5-9,11H2,1-4H3,(H,32,36)(H,33,37)(H,34,39)/b16-10+/t12-,13-,14+,15+,17+,18+/m0/s1. The topological polar surface area (TPSA) is 142 Å². The normalized spacial score (nSPS) is 27.7. The lowest BCUT2D eigenvalue weighted by atomic mass is 9.70. The van der Waals surface area contributed by atoms with Gasteiger partial charge in [-0.2, -0.15) is 17.6 Å². The molecule has 1 saturated carbocycles. The van der Waals surface area contributed by atoms with Gasteiger partial charge in [0.15, 0.2) is 0 Å². The number of nitrogens with zero attached hydrogens (tertiary/aromatic N) is 1. The predicted molar refractivity (Wildman–Crippen MR) is 136 cm³/mol. The zero-order chi connectivity index (χ0) is 32.0. The second-order valence-corrected chi connectivity index (χ2v) is 14.1. The second-order valence-electron chi connectivity index (χ2n) is 12.1. The molecule has 238 valence electrons. The summed E-state index contributed by atoms with van der Waals surface area (Å²) in [7, 11) is -4.38. The Hall–Kier alpha value is -2.85. The van der Waals surface area contributed by atoms with Gasteiger partial charge in [-0.1, -0.05) is 20.8 Å². The molecule has 0 aromatic carbocycles. The number of halogens is 6. The summed E-state index contributed by atoms with van der Waals surface area (Å²) in [6, 6.07) is -6.56. The minimum absolute atomic E-state index is 0.00808. The van der Waals surface area contributed by atoms with E-state index in [0.29, 0.717) is 12.3 Å². The van der Waals surface area contributed by atoms with E-state index in [1.54, 1.807) is 5.32 Å². The molecule has 3 N–H and O–H groups in total. The summed E-state index contributed by atoms with van der Waals surface area (Å²) in [4.78, 5) is 52.0. The maximum atomic E-state index is 15.1. The van der Waals surface area contributed by atoms with Crippen LogP contribution in [0.5, 0.6) is 0 Å². The number of piperidine rings is 2. The highest BCUT2D eigenvalue weighted by molar-refractivity contribution is 7.94. The van der Waals surface area contributed by atoms with Gasteiger partial charge in [-0.05, 0) is 37.2 Å². The number of rotatable bonds is 8. The molecule has 6 atom stereocenters. The van der Waals surface area contributed by atoms with Gasteiger partial charge in [0.1, 0.15) is 12.1 Å². The van der Waals surface area contributed by atoms with Crippen molar-refractivity contribution in [2.24, 2.45) is 17.3 Å². The van der Waals surface area contributed by atoms with Crippen LogP contribution in [0.1, 0.15) is 52.9 Å². The lowest BCUT2D eigenvalue weighted by Crippen LogP contribution is -2.71. The molecule has 0 aromatic rings. The van der Waals surface area contributed by atoms with Crippen LogP contribution in [0.15, 0.2) is 11.2 Å². The van der Waals surface area contributed by atoms with Crippen molar-refractivity contribution in [2.45, 2.75) is 89.1 Å². The summed E-state index contributed by atoms with van der Waals surface area (Å²) in [6.07, 6.45) is -5.38. The predicted octanol–water partition coefficient (Wildman–Crippen LogP) is 1.96. The van der Waals surface area contributed by atoms with Gasteiger partial charge in [-0.25, -0.2) is 17.2 Å². The van der Waals surface area contributed by atoms with E-state index in [1.165, 1.54) is 20.8 Å². The number of carbonyl (C=O) groups is 4. The fourth-order valence-electron chi connectivity index (χ4n) is 5.73. The van der Waals surface area contributed by atoms with Crippen LogP contribution in [-0.2, 0) is 29.0 Å². The Morgan fingerprint density at radius 3 is 2.21 bits per heavy atom. The summed E-state index contributed by atoms with van der Waals surface area (Å²) in [5.74, 6) is -11.3.